The van der Waals surface area contributed by atoms with Crippen LogP contribution in [0.15, 0.2) is 24.3 Å². The minimum Gasteiger partial charge on any atom is -0.462 e. The van der Waals surface area contributed by atoms with Crippen LogP contribution in [0.4, 0.5) is 0 Å². The third kappa shape index (κ3) is 56.7. The van der Waals surface area contributed by atoms with Crippen molar-refractivity contribution in [2.45, 2.75) is 348 Å². The zero-order valence-electron chi connectivity index (χ0n) is 46.6. The molecule has 0 aliphatic heterocycles. The first-order chi connectivity index (χ1) is 34.0. The molecular formula is C63H118O6. The highest BCUT2D eigenvalue weighted by Gasteiger charge is 2.19. The van der Waals surface area contributed by atoms with Crippen LogP contribution in [-0.2, 0) is 28.6 Å². The molecule has 0 aliphatic rings. The standard InChI is InChI=1S/C63H118O6/c1-4-7-10-13-16-19-22-24-26-28-30-31-32-33-34-36-37-39-41-44-47-50-53-56-62(65)68-59-60(58-67-61(64)55-52-49-46-43-21-18-15-12-9-6-3)69-63(66)57-54-51-48-45-42-40-38-35-29-27-25-23-20-17-14-11-8-5-2/h20,23,27,29,60H,4-19,21-22,24-26,28,30-59H2,1-3H3/b23-20-,29-27-. The van der Waals surface area contributed by atoms with Crippen LogP contribution in [0.1, 0.15) is 342 Å². The minimum absolute atomic E-state index is 0.0690. The van der Waals surface area contributed by atoms with Crippen LogP contribution in [0.2, 0.25) is 0 Å². The molecular weight excluding hydrogens is 853 g/mol. The lowest BCUT2D eigenvalue weighted by Gasteiger charge is -2.18. The summed E-state index contributed by atoms with van der Waals surface area (Å²) in [4.78, 5) is 38.1. The SMILES string of the molecule is CCCCCC/C=C\C/C=C\CCCCCCCCCC(=O)OC(COC(=O)CCCCCCCCCCCC)COC(=O)CCCCCCCCCCCCCCCCCCCCCCCCC. The van der Waals surface area contributed by atoms with Gasteiger partial charge in [0, 0.05) is 19.3 Å². The Bertz CT molecular complexity index is 1110. The molecule has 0 aromatic heterocycles. The van der Waals surface area contributed by atoms with Gasteiger partial charge in [0.2, 0.25) is 0 Å². The van der Waals surface area contributed by atoms with Gasteiger partial charge in [-0.25, -0.2) is 0 Å². The Hall–Kier alpha value is -2.11. The zero-order valence-corrected chi connectivity index (χ0v) is 46.6. The van der Waals surface area contributed by atoms with Crippen LogP contribution in [-0.4, -0.2) is 37.2 Å². The summed E-state index contributed by atoms with van der Waals surface area (Å²) >= 11 is 0. The van der Waals surface area contributed by atoms with Crippen molar-refractivity contribution in [3.05, 3.63) is 24.3 Å². The highest BCUT2D eigenvalue weighted by atomic mass is 16.6. The predicted octanol–water partition coefficient (Wildman–Crippen LogP) is 20.7. The van der Waals surface area contributed by atoms with Gasteiger partial charge in [-0.15, -0.1) is 0 Å². The van der Waals surface area contributed by atoms with E-state index in [0.717, 1.165) is 70.6 Å². The number of unbranched alkanes of at least 4 members (excludes halogenated alkanes) is 42. The second-order valence-electron chi connectivity index (χ2n) is 21.0. The maximum atomic E-state index is 12.9. The van der Waals surface area contributed by atoms with Crippen molar-refractivity contribution < 1.29 is 28.6 Å². The first kappa shape index (κ1) is 66.9. The molecule has 0 heterocycles. The predicted molar refractivity (Wildman–Crippen MR) is 298 cm³/mol. The zero-order chi connectivity index (χ0) is 50.0. The van der Waals surface area contributed by atoms with Crippen molar-refractivity contribution in [3.8, 4) is 0 Å². The van der Waals surface area contributed by atoms with Crippen LogP contribution in [0.5, 0.6) is 0 Å². The van der Waals surface area contributed by atoms with E-state index in [1.54, 1.807) is 0 Å². The summed E-state index contributed by atoms with van der Waals surface area (Å²) in [6, 6.07) is 0. The molecule has 1 atom stereocenters. The van der Waals surface area contributed by atoms with Gasteiger partial charge >= 0.3 is 17.9 Å². The van der Waals surface area contributed by atoms with Crippen LogP contribution in [0.3, 0.4) is 0 Å². The summed E-state index contributed by atoms with van der Waals surface area (Å²) in [5.41, 5.74) is 0. The maximum absolute atomic E-state index is 12.9. The second kappa shape index (κ2) is 58.5. The van der Waals surface area contributed by atoms with E-state index in [-0.39, 0.29) is 31.1 Å². The van der Waals surface area contributed by atoms with Gasteiger partial charge in [-0.3, -0.25) is 14.4 Å². The summed E-state index contributed by atoms with van der Waals surface area (Å²) in [6.45, 7) is 6.66. The Morgan fingerprint density at radius 2 is 0.522 bits per heavy atom. The number of hydrogen-bond donors (Lipinski definition) is 0. The first-order valence-corrected chi connectivity index (χ1v) is 30.8. The molecule has 0 spiro atoms. The van der Waals surface area contributed by atoms with Crippen LogP contribution >= 0.6 is 0 Å². The molecule has 69 heavy (non-hydrogen) atoms. The summed E-state index contributed by atoms with van der Waals surface area (Å²) < 4.78 is 16.9. The van der Waals surface area contributed by atoms with Gasteiger partial charge in [0.1, 0.15) is 13.2 Å². The number of allylic oxidation sites excluding steroid dienone is 4. The molecule has 0 amide bonds. The van der Waals surface area contributed by atoms with E-state index < -0.39 is 6.10 Å². The largest absolute Gasteiger partial charge is 0.462 e. The second-order valence-corrected chi connectivity index (χ2v) is 21.0. The molecule has 0 rings (SSSR count). The molecule has 0 saturated carbocycles. The van der Waals surface area contributed by atoms with Crippen molar-refractivity contribution >= 4 is 17.9 Å². The average molecular weight is 972 g/mol. The monoisotopic (exact) mass is 971 g/mol. The third-order valence-electron chi connectivity index (χ3n) is 14.0. The Balaban J connectivity index is 4.21. The van der Waals surface area contributed by atoms with E-state index in [0.29, 0.717) is 19.3 Å². The van der Waals surface area contributed by atoms with Gasteiger partial charge in [0.15, 0.2) is 6.10 Å². The fraction of sp³-hybridized carbons (Fsp3) is 0.889. The first-order valence-electron chi connectivity index (χ1n) is 30.8. The van der Waals surface area contributed by atoms with Crippen LogP contribution in [0.25, 0.3) is 0 Å². The van der Waals surface area contributed by atoms with E-state index in [1.165, 1.54) is 231 Å². The van der Waals surface area contributed by atoms with Crippen LogP contribution < -0.4 is 0 Å². The highest BCUT2D eigenvalue weighted by molar-refractivity contribution is 5.71. The van der Waals surface area contributed by atoms with E-state index in [9.17, 15) is 14.4 Å². The summed E-state index contributed by atoms with van der Waals surface area (Å²) in [5, 5.41) is 0. The molecule has 1 unspecified atom stereocenters. The van der Waals surface area contributed by atoms with E-state index in [1.807, 2.05) is 0 Å². The lowest BCUT2D eigenvalue weighted by molar-refractivity contribution is -0.167. The van der Waals surface area contributed by atoms with E-state index >= 15 is 0 Å². The summed E-state index contributed by atoms with van der Waals surface area (Å²) in [5.74, 6) is -0.855. The number of ether oxygens (including phenoxy) is 3. The lowest BCUT2D eigenvalue weighted by Crippen LogP contribution is -2.30. The fourth-order valence-corrected chi connectivity index (χ4v) is 9.30. The Kier molecular flexibility index (Phi) is 56.7. The number of carbonyl (C=O) groups excluding carboxylic acids is 3. The molecule has 6 nitrogen and oxygen atoms in total. The average Bonchev–Trinajstić information content (AvgIpc) is 3.35. The fourth-order valence-electron chi connectivity index (χ4n) is 9.30. The van der Waals surface area contributed by atoms with Gasteiger partial charge in [-0.1, -0.05) is 295 Å². The molecule has 6 heteroatoms. The maximum Gasteiger partial charge on any atom is 0.306 e. The van der Waals surface area contributed by atoms with Gasteiger partial charge in [-0.05, 0) is 51.4 Å². The molecule has 0 saturated heterocycles. The number of hydrogen-bond acceptors (Lipinski definition) is 6. The minimum atomic E-state index is -0.770. The molecule has 0 fully saturated rings. The van der Waals surface area contributed by atoms with Crippen molar-refractivity contribution in [2.24, 2.45) is 0 Å². The molecule has 0 bridgehead atoms. The number of carbonyl (C=O) groups is 3. The number of rotatable bonds is 57. The van der Waals surface area contributed by atoms with Gasteiger partial charge in [0.25, 0.3) is 0 Å². The number of esters is 3. The van der Waals surface area contributed by atoms with Crippen LogP contribution in [0, 0.1) is 0 Å². The van der Waals surface area contributed by atoms with E-state index in [4.69, 9.17) is 14.2 Å². The molecule has 406 valence electrons. The smallest absolute Gasteiger partial charge is 0.306 e. The molecule has 0 aromatic carbocycles. The van der Waals surface area contributed by atoms with Crippen molar-refractivity contribution in [1.29, 1.82) is 0 Å². The Morgan fingerprint density at radius 3 is 0.812 bits per heavy atom. The van der Waals surface area contributed by atoms with Gasteiger partial charge in [-0.2, -0.15) is 0 Å². The molecule has 0 aliphatic carbocycles. The van der Waals surface area contributed by atoms with Gasteiger partial charge in [0.05, 0.1) is 0 Å². The van der Waals surface area contributed by atoms with E-state index in [2.05, 4.69) is 45.1 Å². The van der Waals surface area contributed by atoms with Gasteiger partial charge < -0.3 is 14.2 Å². The van der Waals surface area contributed by atoms with Crippen molar-refractivity contribution in [2.75, 3.05) is 13.2 Å². The Labute approximate surface area is 430 Å². The topological polar surface area (TPSA) is 78.9 Å². The molecule has 0 aromatic rings. The summed E-state index contributed by atoms with van der Waals surface area (Å²) in [7, 11) is 0. The molecule has 0 N–H and O–H groups in total. The molecule has 0 radical (unpaired) electrons. The Morgan fingerprint density at radius 1 is 0.290 bits per heavy atom. The quantitative estimate of drug-likeness (QED) is 0.0261. The normalized spacial score (nSPS) is 12.1. The van der Waals surface area contributed by atoms with Crippen molar-refractivity contribution in [3.63, 3.8) is 0 Å². The van der Waals surface area contributed by atoms with Crippen molar-refractivity contribution in [1.82, 2.24) is 0 Å². The summed E-state index contributed by atoms with van der Waals surface area (Å²) in [6.07, 6.45) is 69.0. The third-order valence-corrected chi connectivity index (χ3v) is 14.0. The lowest BCUT2D eigenvalue weighted by atomic mass is 10.0. The highest BCUT2D eigenvalue weighted by Crippen LogP contribution is 2.18.